The average Bonchev–Trinajstić information content (AvgIpc) is 2.94. The maximum Gasteiger partial charge on any atom is 0.251 e. The standard InChI is InChI=1S/C32H36N4O8/c1-35(2)11-10-34-31(43)16-7-5-6-15(12-16)18-8-9-21(37)23-19(18)13-17-14-20-25(36(3)4)27(39)24(30(33)42)29(41)32(20,44)28(40)22(17)26(23)38/h5-9,12,17,20,22,24-25,37,44H,10-11,13-14H2,1-4H3,(H2,33,42)(H,34,43)/t17-,20-,22?,24?,25?,32-/m0/s1. The van der Waals surface area contributed by atoms with Crippen molar-refractivity contribution in [2.45, 2.75) is 24.5 Å². The number of phenols is 1. The van der Waals surface area contributed by atoms with Gasteiger partial charge in [-0.3, -0.25) is 33.7 Å². The molecule has 232 valence electrons. The number of fused-ring (bicyclic) bond motifs is 3. The lowest BCUT2D eigenvalue weighted by Gasteiger charge is -2.52. The minimum Gasteiger partial charge on any atom is -0.507 e. The Morgan fingerprint density at radius 2 is 1.75 bits per heavy atom. The number of aliphatic hydroxyl groups is 1. The van der Waals surface area contributed by atoms with Crippen LogP contribution in [0.1, 0.15) is 32.7 Å². The van der Waals surface area contributed by atoms with E-state index in [0.29, 0.717) is 35.3 Å². The molecule has 5 N–H and O–H groups in total. The van der Waals surface area contributed by atoms with Crippen LogP contribution in [0.5, 0.6) is 5.75 Å². The minimum atomic E-state index is -2.78. The molecule has 0 spiro atoms. The number of nitrogens with one attached hydrogen (secondary N) is 1. The van der Waals surface area contributed by atoms with Gasteiger partial charge in [0.05, 0.1) is 17.5 Å². The molecule has 3 aliphatic rings. The highest BCUT2D eigenvalue weighted by Crippen LogP contribution is 2.51. The predicted octanol–water partition coefficient (Wildman–Crippen LogP) is -0.175. The molecule has 3 unspecified atom stereocenters. The number of phenolic OH excluding ortho intramolecular Hbond substituents is 1. The van der Waals surface area contributed by atoms with Crippen LogP contribution in [0.25, 0.3) is 11.1 Å². The Hall–Kier alpha value is -4.26. The number of amides is 2. The molecule has 2 saturated carbocycles. The summed E-state index contributed by atoms with van der Waals surface area (Å²) in [5.41, 5.74) is 4.54. The Morgan fingerprint density at radius 3 is 2.39 bits per heavy atom. The van der Waals surface area contributed by atoms with Crippen molar-refractivity contribution in [1.29, 1.82) is 0 Å². The van der Waals surface area contributed by atoms with Crippen LogP contribution in [0.2, 0.25) is 0 Å². The van der Waals surface area contributed by atoms with E-state index in [9.17, 15) is 39.0 Å². The number of ketones is 4. The lowest BCUT2D eigenvalue weighted by atomic mass is 9.52. The molecule has 0 heterocycles. The molecule has 0 bridgehead atoms. The number of carbonyl (C=O) groups is 6. The molecule has 12 heteroatoms. The minimum absolute atomic E-state index is 0.0483. The lowest BCUT2D eigenvalue weighted by molar-refractivity contribution is -0.181. The number of hydrogen-bond donors (Lipinski definition) is 4. The van der Waals surface area contributed by atoms with Crippen molar-refractivity contribution in [2.75, 3.05) is 41.3 Å². The summed E-state index contributed by atoms with van der Waals surface area (Å²) in [4.78, 5) is 83.1. The molecule has 2 aromatic rings. The number of Topliss-reactive ketones (excluding diaryl/α,β-unsaturated/α-hetero) is 4. The van der Waals surface area contributed by atoms with E-state index in [1.54, 1.807) is 30.3 Å². The number of benzene rings is 2. The highest BCUT2D eigenvalue weighted by atomic mass is 16.3. The first-order valence-corrected chi connectivity index (χ1v) is 14.4. The van der Waals surface area contributed by atoms with Crippen LogP contribution in [-0.2, 0) is 25.6 Å². The molecule has 0 aromatic heterocycles. The Kier molecular flexibility index (Phi) is 8.04. The quantitative estimate of drug-likeness (QED) is 0.309. The summed E-state index contributed by atoms with van der Waals surface area (Å²) in [6.45, 7) is 1.11. The fourth-order valence-corrected chi connectivity index (χ4v) is 7.20. The summed E-state index contributed by atoms with van der Waals surface area (Å²) >= 11 is 0. The summed E-state index contributed by atoms with van der Waals surface area (Å²) < 4.78 is 0. The molecule has 0 saturated heterocycles. The predicted molar refractivity (Wildman–Crippen MR) is 158 cm³/mol. The molecule has 2 aromatic carbocycles. The molecule has 5 rings (SSSR count). The molecule has 6 atom stereocenters. The van der Waals surface area contributed by atoms with Crippen LogP contribution in [-0.4, -0.2) is 108 Å². The van der Waals surface area contributed by atoms with E-state index >= 15 is 0 Å². The van der Waals surface area contributed by atoms with Crippen LogP contribution < -0.4 is 11.1 Å². The second-order valence-electron chi connectivity index (χ2n) is 12.4. The SMILES string of the molecule is CN(C)CCNC(=O)c1cccc(-c2ccc(O)c3c2C[C@H]2C[C@H]4C(N(C)C)C(=O)C(C(N)=O)C(=O)[C@@]4(O)C(=O)C2C3=O)c1. The molecule has 2 fully saturated rings. The van der Waals surface area contributed by atoms with E-state index in [0.717, 1.165) is 0 Å². The third kappa shape index (κ3) is 4.83. The van der Waals surface area contributed by atoms with Gasteiger partial charge in [0.2, 0.25) is 5.91 Å². The first-order chi connectivity index (χ1) is 20.7. The fraction of sp³-hybridized carbons (Fsp3) is 0.438. The Labute approximate surface area is 254 Å². The summed E-state index contributed by atoms with van der Waals surface area (Å²) in [7, 11) is 6.87. The number of primary amides is 1. The van der Waals surface area contributed by atoms with Gasteiger partial charge in [-0.25, -0.2) is 0 Å². The number of carbonyl (C=O) groups excluding carboxylic acids is 6. The van der Waals surface area contributed by atoms with Crippen molar-refractivity contribution in [3.8, 4) is 16.9 Å². The number of nitrogens with two attached hydrogens (primary N) is 1. The average molecular weight is 605 g/mol. The molecule has 0 radical (unpaired) electrons. The van der Waals surface area contributed by atoms with Gasteiger partial charge in [0.1, 0.15) is 5.75 Å². The van der Waals surface area contributed by atoms with E-state index in [-0.39, 0.29) is 30.1 Å². The Morgan fingerprint density at radius 1 is 1.05 bits per heavy atom. The topological polar surface area (TPSA) is 187 Å². The van der Waals surface area contributed by atoms with Crippen LogP contribution in [0.4, 0.5) is 0 Å². The van der Waals surface area contributed by atoms with Crippen molar-refractivity contribution in [3.05, 3.63) is 53.1 Å². The van der Waals surface area contributed by atoms with Crippen molar-refractivity contribution >= 4 is 34.9 Å². The number of hydrogen-bond acceptors (Lipinski definition) is 10. The molecular weight excluding hydrogens is 568 g/mol. The van der Waals surface area contributed by atoms with E-state index in [4.69, 9.17) is 5.73 Å². The highest BCUT2D eigenvalue weighted by molar-refractivity contribution is 6.32. The van der Waals surface area contributed by atoms with Gasteiger partial charge in [-0.2, -0.15) is 0 Å². The van der Waals surface area contributed by atoms with Gasteiger partial charge < -0.3 is 26.2 Å². The van der Waals surface area contributed by atoms with Crippen molar-refractivity contribution in [3.63, 3.8) is 0 Å². The first kappa shape index (κ1) is 31.2. The lowest BCUT2D eigenvalue weighted by Crippen LogP contribution is -2.74. The van der Waals surface area contributed by atoms with E-state index in [1.165, 1.54) is 25.1 Å². The van der Waals surface area contributed by atoms with Gasteiger partial charge in [-0.15, -0.1) is 0 Å². The molecule has 3 aliphatic carbocycles. The monoisotopic (exact) mass is 604 g/mol. The van der Waals surface area contributed by atoms with Crippen molar-refractivity contribution < 1.29 is 39.0 Å². The Balaban J connectivity index is 1.56. The van der Waals surface area contributed by atoms with Crippen LogP contribution in [0, 0.1) is 23.7 Å². The number of rotatable bonds is 7. The molecule has 44 heavy (non-hydrogen) atoms. The zero-order chi connectivity index (χ0) is 32.2. The van der Waals surface area contributed by atoms with Crippen LogP contribution in [0.3, 0.4) is 0 Å². The zero-order valence-electron chi connectivity index (χ0n) is 25.0. The number of likely N-dealkylation sites (N-methyl/N-ethyl adjacent to an activating group) is 2. The molecule has 0 aliphatic heterocycles. The largest absolute Gasteiger partial charge is 0.507 e. The van der Waals surface area contributed by atoms with E-state index in [2.05, 4.69) is 5.32 Å². The maximum atomic E-state index is 14.0. The number of aromatic hydroxyl groups is 1. The van der Waals surface area contributed by atoms with Gasteiger partial charge >= 0.3 is 0 Å². The van der Waals surface area contributed by atoms with Crippen molar-refractivity contribution in [1.82, 2.24) is 15.1 Å². The first-order valence-electron chi connectivity index (χ1n) is 14.4. The highest BCUT2D eigenvalue weighted by Gasteiger charge is 2.69. The zero-order valence-corrected chi connectivity index (χ0v) is 25.0. The smallest absolute Gasteiger partial charge is 0.251 e. The Bertz CT molecular complexity index is 1600. The molecular formula is C32H36N4O8. The van der Waals surface area contributed by atoms with Crippen LogP contribution in [0.15, 0.2) is 36.4 Å². The van der Waals surface area contributed by atoms with Gasteiger partial charge in [0.15, 0.2) is 34.7 Å². The van der Waals surface area contributed by atoms with Crippen molar-refractivity contribution in [2.24, 2.45) is 29.4 Å². The van der Waals surface area contributed by atoms with Gasteiger partial charge in [-0.05, 0) is 81.8 Å². The summed E-state index contributed by atoms with van der Waals surface area (Å²) in [6.07, 6.45) is 0.0716. The van der Waals surface area contributed by atoms with Crippen LogP contribution >= 0.6 is 0 Å². The summed E-state index contributed by atoms with van der Waals surface area (Å²) in [5.74, 6) is -11.3. The van der Waals surface area contributed by atoms with E-state index < -0.39 is 64.4 Å². The normalized spacial score (nSPS) is 28.0. The second kappa shape index (κ2) is 11.3. The molecule has 2 amide bonds. The number of nitrogens with zero attached hydrogens (tertiary/aromatic N) is 2. The van der Waals surface area contributed by atoms with Gasteiger partial charge in [-0.1, -0.05) is 18.2 Å². The second-order valence-corrected chi connectivity index (χ2v) is 12.4. The molecule has 12 nitrogen and oxygen atoms in total. The fourth-order valence-electron chi connectivity index (χ4n) is 7.20. The third-order valence-corrected chi connectivity index (χ3v) is 9.23. The summed E-state index contributed by atoms with van der Waals surface area (Å²) in [6, 6.07) is 8.63. The third-order valence-electron chi connectivity index (χ3n) is 9.23. The summed E-state index contributed by atoms with van der Waals surface area (Å²) in [5, 5.41) is 25.4. The van der Waals surface area contributed by atoms with Gasteiger partial charge in [0.25, 0.3) is 5.91 Å². The van der Waals surface area contributed by atoms with E-state index in [1.807, 2.05) is 19.0 Å². The van der Waals surface area contributed by atoms with Gasteiger partial charge in [0, 0.05) is 24.6 Å². The maximum absolute atomic E-state index is 14.0.